The van der Waals surface area contributed by atoms with E-state index >= 15 is 0 Å². The van der Waals surface area contributed by atoms with Gasteiger partial charge in [-0.15, -0.1) is 0 Å². The first-order valence-electron chi connectivity index (χ1n) is 15.5. The van der Waals surface area contributed by atoms with Gasteiger partial charge in [-0.3, -0.25) is 0 Å². The van der Waals surface area contributed by atoms with Gasteiger partial charge in [0.1, 0.15) is 0 Å². The van der Waals surface area contributed by atoms with Crippen LogP contribution < -0.4 is 0 Å². The second kappa shape index (κ2) is 8.35. The van der Waals surface area contributed by atoms with E-state index < -0.39 is 15.1 Å². The van der Waals surface area contributed by atoms with Crippen molar-refractivity contribution in [2.24, 2.45) is 5.92 Å². The SMILES string of the molecule is [CH2]=[Hf]([CH3])([CH3])([CH3])([CH2]C(C)C)([CH]1C=Cc2c(-c3ccc(C)cc3)cccc21)[CH]1C=Cc2c(-c3ccc(C)cc3)cccc21. The van der Waals surface area contributed by atoms with E-state index in [1.54, 1.807) is 0 Å². The fraction of sp³-hybridized carbons (Fsp3) is 0.275. The number of aryl methyl sites for hydroxylation is 2. The van der Waals surface area contributed by atoms with Crippen molar-refractivity contribution in [3.63, 3.8) is 0 Å². The van der Waals surface area contributed by atoms with Crippen LogP contribution in [0.2, 0.25) is 18.2 Å². The first-order chi connectivity index (χ1) is 19.1. The number of benzene rings is 4. The van der Waals surface area contributed by atoms with Gasteiger partial charge in [0, 0.05) is 0 Å². The fourth-order valence-corrected chi connectivity index (χ4v) is 47.6. The molecule has 2 aliphatic carbocycles. The zero-order chi connectivity index (χ0) is 29.3. The molecule has 0 saturated heterocycles. The average molecular weight is 705 g/mol. The molecule has 0 saturated carbocycles. The van der Waals surface area contributed by atoms with Gasteiger partial charge in [0.15, 0.2) is 0 Å². The summed E-state index contributed by atoms with van der Waals surface area (Å²) in [5.74, 6) is 0.535. The summed E-state index contributed by atoms with van der Waals surface area (Å²) in [5, 5.41) is 0. The van der Waals surface area contributed by atoms with Crippen molar-refractivity contribution in [1.29, 1.82) is 0 Å². The van der Waals surface area contributed by atoms with Crippen LogP contribution >= 0.6 is 0 Å². The Morgan fingerprint density at radius 2 is 1.00 bits per heavy atom. The first-order valence-corrected chi connectivity index (χ1v) is 35.5. The first kappa shape index (κ1) is 28.2. The van der Waals surface area contributed by atoms with Crippen LogP contribution in [-0.2, 0) is 15.1 Å². The van der Waals surface area contributed by atoms with Gasteiger partial charge in [0.05, 0.1) is 0 Å². The second-order valence-electron chi connectivity index (χ2n) is 17.2. The molecular formula is C40H46Hf. The van der Waals surface area contributed by atoms with Gasteiger partial charge in [0.2, 0.25) is 0 Å². The van der Waals surface area contributed by atoms with Crippen LogP contribution in [0.5, 0.6) is 0 Å². The van der Waals surface area contributed by atoms with Crippen molar-refractivity contribution in [3.05, 3.63) is 130 Å². The van der Waals surface area contributed by atoms with E-state index in [2.05, 4.69) is 151 Å². The van der Waals surface area contributed by atoms with Crippen LogP contribution in [0, 0.1) is 19.8 Å². The minimum absolute atomic E-state index is 0.297. The molecule has 0 heterocycles. The van der Waals surface area contributed by atoms with Crippen LogP contribution in [0.25, 0.3) is 34.4 Å². The Hall–Kier alpha value is -2.90. The van der Waals surface area contributed by atoms with Crippen molar-refractivity contribution >= 4 is 16.4 Å². The van der Waals surface area contributed by atoms with E-state index in [1.807, 2.05) is 0 Å². The maximum atomic E-state index is 5.69. The molecule has 0 nitrogen and oxygen atoms in total. The Balaban J connectivity index is 1.57. The minimum atomic E-state index is -5.20. The Morgan fingerprint density at radius 1 is 0.610 bits per heavy atom. The standard InChI is InChI=1S/2C16H13.C4H9.3CH3.CH2.Hf/c2*1-12-8-10-14(11-9-12)16-7-3-5-13-4-2-6-15(13)16;1-4(2)3;;;;;/h2*2-11H,1H3;4H,1H2,2-3H3;3*1H3;1H2;. The molecule has 2 aliphatic rings. The van der Waals surface area contributed by atoms with Crippen molar-refractivity contribution in [2.45, 2.75) is 53.3 Å². The third-order valence-corrected chi connectivity index (χ3v) is 47.1. The van der Waals surface area contributed by atoms with E-state index in [0.29, 0.717) is 13.3 Å². The van der Waals surface area contributed by atoms with Crippen LogP contribution in [-0.4, -0.2) is 4.26 Å². The van der Waals surface area contributed by atoms with Gasteiger partial charge in [-0.1, -0.05) is 0 Å². The van der Waals surface area contributed by atoms with E-state index in [0.717, 1.165) is 4.18 Å². The Kier molecular flexibility index (Phi) is 5.75. The second-order valence-corrected chi connectivity index (χ2v) is 70.5. The summed E-state index contributed by atoms with van der Waals surface area (Å²) in [6.07, 6.45) is 9.96. The van der Waals surface area contributed by atoms with Crippen LogP contribution in [0.15, 0.2) is 97.1 Å². The molecule has 0 bridgehead atoms. The number of rotatable bonds is 6. The molecule has 0 spiro atoms. The summed E-state index contributed by atoms with van der Waals surface area (Å²) in [6, 6.07) is 31.9. The molecule has 6 rings (SSSR count). The van der Waals surface area contributed by atoms with Crippen molar-refractivity contribution in [3.8, 4) is 22.3 Å². The monoisotopic (exact) mass is 706 g/mol. The Bertz CT molecular complexity index is 1750. The number of hydrogen-bond donors (Lipinski definition) is 0. The summed E-state index contributed by atoms with van der Waals surface area (Å²) in [5.41, 5.74) is 13.5. The van der Waals surface area contributed by atoms with E-state index in [1.165, 1.54) is 55.6 Å². The quantitative estimate of drug-likeness (QED) is 0.175. The van der Waals surface area contributed by atoms with Crippen molar-refractivity contribution < 1.29 is 15.1 Å². The van der Waals surface area contributed by atoms with E-state index in [9.17, 15) is 0 Å². The number of fused-ring (bicyclic) bond motifs is 2. The Morgan fingerprint density at radius 3 is 1.37 bits per heavy atom. The predicted octanol–water partition coefficient (Wildman–Crippen LogP) is 11.9. The fourth-order valence-electron chi connectivity index (χ4n) is 9.59. The Labute approximate surface area is 242 Å². The summed E-state index contributed by atoms with van der Waals surface area (Å²) in [6.45, 7) is 9.12. The molecule has 0 amide bonds. The molecule has 4 aromatic carbocycles. The molecule has 4 aromatic rings. The van der Waals surface area contributed by atoms with E-state index in [4.69, 9.17) is 4.26 Å². The molecule has 0 radical (unpaired) electrons. The molecule has 2 unspecified atom stereocenters. The van der Waals surface area contributed by atoms with E-state index in [-0.39, 0.29) is 0 Å². The predicted molar refractivity (Wildman–Crippen MR) is 181 cm³/mol. The van der Waals surface area contributed by atoms with Crippen LogP contribution in [0.1, 0.15) is 54.6 Å². The molecule has 0 fully saturated rings. The van der Waals surface area contributed by atoms with Gasteiger partial charge in [-0.25, -0.2) is 0 Å². The zero-order valence-electron chi connectivity index (χ0n) is 26.0. The molecule has 0 aromatic heterocycles. The summed E-state index contributed by atoms with van der Waals surface area (Å²) >= 11 is -5.20. The molecule has 41 heavy (non-hydrogen) atoms. The topological polar surface area (TPSA) is 0 Å². The molecule has 2 atom stereocenters. The van der Waals surface area contributed by atoms with Gasteiger partial charge >= 0.3 is 243 Å². The summed E-state index contributed by atoms with van der Waals surface area (Å²) < 4.78 is 15.5. The van der Waals surface area contributed by atoms with Gasteiger partial charge in [-0.2, -0.15) is 0 Å². The number of allylic oxidation sites excluding steroid dienone is 2. The molecule has 1 heteroatoms. The third kappa shape index (κ3) is 4.30. The van der Waals surface area contributed by atoms with Gasteiger partial charge in [0.25, 0.3) is 0 Å². The molecular weight excluding hydrogens is 659 g/mol. The molecule has 210 valence electrons. The maximum absolute atomic E-state index is 5.69. The molecule has 0 aliphatic heterocycles. The van der Waals surface area contributed by atoms with Gasteiger partial charge < -0.3 is 0 Å². The van der Waals surface area contributed by atoms with Crippen LogP contribution in [0.4, 0.5) is 0 Å². The summed E-state index contributed by atoms with van der Waals surface area (Å²) in [7, 11) is 0. The van der Waals surface area contributed by atoms with Crippen LogP contribution in [0.3, 0.4) is 0 Å². The molecule has 0 N–H and O–H groups in total. The average Bonchev–Trinajstić information content (AvgIpc) is 3.55. The van der Waals surface area contributed by atoms with Crippen molar-refractivity contribution in [2.75, 3.05) is 0 Å². The summed E-state index contributed by atoms with van der Waals surface area (Å²) in [4.78, 5) is 0. The third-order valence-electron chi connectivity index (χ3n) is 11.1. The van der Waals surface area contributed by atoms with Gasteiger partial charge in [-0.05, 0) is 0 Å². The van der Waals surface area contributed by atoms with Crippen molar-refractivity contribution in [1.82, 2.24) is 0 Å². The zero-order valence-corrected chi connectivity index (χ0v) is 29.6. The number of hydrogen-bond acceptors (Lipinski definition) is 0. The normalized spacial score (nSPS) is 20.2.